The number of hydrogen-bond acceptors (Lipinski definition) is 6. The molecule has 1 aliphatic rings. The van der Waals surface area contributed by atoms with Crippen molar-refractivity contribution in [2.75, 3.05) is 19.3 Å². The Morgan fingerprint density at radius 1 is 1.32 bits per heavy atom. The van der Waals surface area contributed by atoms with Gasteiger partial charge in [-0.1, -0.05) is 0 Å². The zero-order valence-corrected chi connectivity index (χ0v) is 14.7. The van der Waals surface area contributed by atoms with Crippen molar-refractivity contribution in [1.29, 1.82) is 0 Å². The molecule has 0 bridgehead atoms. The van der Waals surface area contributed by atoms with Gasteiger partial charge < -0.3 is 10.1 Å². The number of nitrogens with one attached hydrogen (secondary N) is 1. The molecule has 0 spiro atoms. The Hall–Kier alpha value is -2.06. The molecule has 1 atom stereocenters. The Labute approximate surface area is 146 Å². The molecule has 8 heteroatoms. The van der Waals surface area contributed by atoms with E-state index in [1.807, 2.05) is 0 Å². The molecule has 134 valence electrons. The monoisotopic (exact) mass is 365 g/mol. The first-order chi connectivity index (χ1) is 11.9. The molecule has 1 aromatic heterocycles. The van der Waals surface area contributed by atoms with E-state index in [-0.39, 0.29) is 23.2 Å². The summed E-state index contributed by atoms with van der Waals surface area (Å²) in [5, 5.41) is 3.27. The molecule has 0 radical (unpaired) electrons. The van der Waals surface area contributed by atoms with Crippen LogP contribution < -0.4 is 10.1 Å². The molecule has 3 rings (SSSR count). The van der Waals surface area contributed by atoms with Gasteiger partial charge in [-0.2, -0.15) is 0 Å². The lowest BCUT2D eigenvalue weighted by atomic mass is 9.96. The summed E-state index contributed by atoms with van der Waals surface area (Å²) in [4.78, 5) is 8.76. The molecule has 1 fully saturated rings. The molecule has 0 unspecified atom stereocenters. The number of ether oxygens (including phenoxy) is 1. The van der Waals surface area contributed by atoms with Crippen LogP contribution in [0, 0.1) is 5.82 Å². The fourth-order valence-corrected chi connectivity index (χ4v) is 3.67. The summed E-state index contributed by atoms with van der Waals surface area (Å²) in [6.07, 6.45) is 4.37. The molecule has 2 heterocycles. The number of piperidine rings is 1. The first-order valence-corrected chi connectivity index (χ1v) is 9.97. The van der Waals surface area contributed by atoms with Crippen LogP contribution in [0.4, 0.5) is 4.39 Å². The first-order valence-electron chi connectivity index (χ1n) is 8.08. The third-order valence-corrected chi connectivity index (χ3v) is 5.21. The molecule has 2 aromatic rings. The Kier molecular flexibility index (Phi) is 5.29. The van der Waals surface area contributed by atoms with Gasteiger partial charge in [0.05, 0.1) is 5.69 Å². The maximum absolute atomic E-state index is 12.9. The highest BCUT2D eigenvalue weighted by atomic mass is 32.2. The molecule has 1 aromatic carbocycles. The second kappa shape index (κ2) is 7.45. The number of nitrogens with zero attached hydrogens (tertiary/aromatic N) is 2. The van der Waals surface area contributed by atoms with Crippen LogP contribution in [0.5, 0.6) is 5.75 Å². The van der Waals surface area contributed by atoms with Gasteiger partial charge in [-0.3, -0.25) is 0 Å². The van der Waals surface area contributed by atoms with E-state index in [4.69, 9.17) is 4.74 Å². The maximum atomic E-state index is 12.9. The molecule has 0 saturated carbocycles. The Morgan fingerprint density at radius 3 is 2.72 bits per heavy atom. The number of rotatable bonds is 5. The van der Waals surface area contributed by atoms with E-state index in [0.29, 0.717) is 23.8 Å². The summed E-state index contributed by atoms with van der Waals surface area (Å²) < 4.78 is 42.6. The van der Waals surface area contributed by atoms with Crippen molar-refractivity contribution in [3.05, 3.63) is 47.8 Å². The minimum Gasteiger partial charge on any atom is -0.486 e. The number of hydrogen-bond donors (Lipinski definition) is 1. The van der Waals surface area contributed by atoms with Gasteiger partial charge in [0, 0.05) is 24.9 Å². The van der Waals surface area contributed by atoms with Crippen molar-refractivity contribution < 1.29 is 17.5 Å². The predicted molar refractivity (Wildman–Crippen MR) is 90.7 cm³/mol. The van der Waals surface area contributed by atoms with Gasteiger partial charge in [-0.15, -0.1) is 0 Å². The standard InChI is InChI=1S/C17H20FN3O3S/c1-25(22,23)15-10-20-16(11-24-14-6-4-13(18)5-7-14)21-17(15)12-3-2-8-19-9-12/h4-7,10,12,19H,2-3,8-9,11H2,1H3/t12-/m1/s1. The average Bonchev–Trinajstić information content (AvgIpc) is 2.61. The van der Waals surface area contributed by atoms with Gasteiger partial charge in [-0.25, -0.2) is 22.8 Å². The quantitative estimate of drug-likeness (QED) is 0.874. The summed E-state index contributed by atoms with van der Waals surface area (Å²) in [5.41, 5.74) is 0.544. The lowest BCUT2D eigenvalue weighted by Crippen LogP contribution is -2.30. The molecule has 0 amide bonds. The van der Waals surface area contributed by atoms with Gasteiger partial charge in [0.2, 0.25) is 0 Å². The van der Waals surface area contributed by atoms with Crippen LogP contribution in [0.2, 0.25) is 0 Å². The van der Waals surface area contributed by atoms with Crippen molar-refractivity contribution >= 4 is 9.84 Å². The summed E-state index contributed by atoms with van der Waals surface area (Å²) in [6.45, 7) is 1.71. The Morgan fingerprint density at radius 2 is 2.08 bits per heavy atom. The van der Waals surface area contributed by atoms with Crippen LogP contribution in [-0.4, -0.2) is 37.7 Å². The second-order valence-corrected chi connectivity index (χ2v) is 8.08. The SMILES string of the molecule is CS(=O)(=O)c1cnc(COc2ccc(F)cc2)nc1[C@@H]1CCCNC1. The summed E-state index contributed by atoms with van der Waals surface area (Å²) >= 11 is 0. The average molecular weight is 365 g/mol. The fraction of sp³-hybridized carbons (Fsp3) is 0.412. The van der Waals surface area contributed by atoms with Crippen LogP contribution in [0.25, 0.3) is 0 Å². The van der Waals surface area contributed by atoms with Gasteiger partial charge in [0.1, 0.15) is 23.1 Å². The molecular weight excluding hydrogens is 345 g/mol. The maximum Gasteiger partial charge on any atom is 0.178 e. The van der Waals surface area contributed by atoms with Crippen molar-refractivity contribution in [2.24, 2.45) is 0 Å². The topological polar surface area (TPSA) is 81.2 Å². The third-order valence-electron chi connectivity index (χ3n) is 4.10. The van der Waals surface area contributed by atoms with Gasteiger partial charge in [0.25, 0.3) is 0 Å². The highest BCUT2D eigenvalue weighted by Gasteiger charge is 2.25. The number of aromatic nitrogens is 2. The van der Waals surface area contributed by atoms with Crippen molar-refractivity contribution in [3.8, 4) is 5.75 Å². The second-order valence-electron chi connectivity index (χ2n) is 6.09. The minimum atomic E-state index is -3.41. The van der Waals surface area contributed by atoms with E-state index in [9.17, 15) is 12.8 Å². The highest BCUT2D eigenvalue weighted by Crippen LogP contribution is 2.27. The van der Waals surface area contributed by atoms with E-state index in [1.165, 1.54) is 36.7 Å². The first kappa shape index (κ1) is 17.8. The summed E-state index contributed by atoms with van der Waals surface area (Å²) in [5.74, 6) is 0.592. The molecular formula is C17H20FN3O3S. The van der Waals surface area contributed by atoms with E-state index in [1.54, 1.807) is 0 Å². The molecule has 1 N–H and O–H groups in total. The predicted octanol–water partition coefficient (Wildman–Crippen LogP) is 2.07. The molecule has 1 saturated heterocycles. The number of benzene rings is 1. The summed E-state index contributed by atoms with van der Waals surface area (Å²) in [7, 11) is -3.41. The van der Waals surface area contributed by atoms with Gasteiger partial charge in [0.15, 0.2) is 15.7 Å². The fourth-order valence-electron chi connectivity index (χ4n) is 2.83. The van der Waals surface area contributed by atoms with E-state index < -0.39 is 9.84 Å². The Balaban J connectivity index is 1.84. The highest BCUT2D eigenvalue weighted by molar-refractivity contribution is 7.90. The molecule has 1 aliphatic heterocycles. The lowest BCUT2D eigenvalue weighted by Gasteiger charge is -2.24. The number of sulfone groups is 1. The Bertz CT molecular complexity index is 835. The molecule has 25 heavy (non-hydrogen) atoms. The van der Waals surface area contributed by atoms with Crippen LogP contribution >= 0.6 is 0 Å². The lowest BCUT2D eigenvalue weighted by molar-refractivity contribution is 0.293. The van der Waals surface area contributed by atoms with Crippen LogP contribution in [0.1, 0.15) is 30.3 Å². The zero-order chi connectivity index (χ0) is 17.9. The van der Waals surface area contributed by atoms with E-state index in [0.717, 1.165) is 19.4 Å². The van der Waals surface area contributed by atoms with Crippen LogP contribution in [0.15, 0.2) is 35.4 Å². The van der Waals surface area contributed by atoms with Crippen molar-refractivity contribution in [2.45, 2.75) is 30.3 Å². The van der Waals surface area contributed by atoms with Crippen molar-refractivity contribution in [3.63, 3.8) is 0 Å². The van der Waals surface area contributed by atoms with E-state index >= 15 is 0 Å². The smallest absolute Gasteiger partial charge is 0.178 e. The summed E-state index contributed by atoms with van der Waals surface area (Å²) in [6, 6.07) is 5.66. The van der Waals surface area contributed by atoms with Crippen LogP contribution in [0.3, 0.4) is 0 Å². The molecule has 0 aliphatic carbocycles. The zero-order valence-electron chi connectivity index (χ0n) is 13.9. The van der Waals surface area contributed by atoms with Crippen molar-refractivity contribution in [1.82, 2.24) is 15.3 Å². The van der Waals surface area contributed by atoms with Gasteiger partial charge in [-0.05, 0) is 43.7 Å². The normalized spacial score (nSPS) is 18.1. The largest absolute Gasteiger partial charge is 0.486 e. The third kappa shape index (κ3) is 4.52. The van der Waals surface area contributed by atoms with E-state index in [2.05, 4.69) is 15.3 Å². The van der Waals surface area contributed by atoms with Crippen LogP contribution in [-0.2, 0) is 16.4 Å². The molecule has 6 nitrogen and oxygen atoms in total. The minimum absolute atomic E-state index is 0.0334. The van der Waals surface area contributed by atoms with Gasteiger partial charge >= 0.3 is 0 Å². The number of halogens is 1.